The lowest BCUT2D eigenvalue weighted by Crippen LogP contribution is -2.44. The van der Waals surface area contributed by atoms with Gasteiger partial charge in [0.25, 0.3) is 5.91 Å². The van der Waals surface area contributed by atoms with Crippen LogP contribution in [-0.2, 0) is 9.59 Å². The number of urea groups is 1. The van der Waals surface area contributed by atoms with Gasteiger partial charge in [0.05, 0.1) is 5.69 Å². The second kappa shape index (κ2) is 9.25. The Morgan fingerprint density at radius 3 is 2.58 bits per heavy atom. The lowest BCUT2D eigenvalue weighted by atomic mass is 9.90. The van der Waals surface area contributed by atoms with Crippen LogP contribution in [0.4, 0.5) is 9.93 Å². The number of carbonyl (C=O) groups is 3. The Balaban J connectivity index is 1.40. The number of aromatic nitrogens is 1. The highest BCUT2D eigenvalue weighted by atomic mass is 32.1. The zero-order valence-corrected chi connectivity index (χ0v) is 20.6. The maximum Gasteiger partial charge on any atom is 0.325 e. The topological polar surface area (TPSA) is 91.4 Å². The number of anilines is 1. The molecular weight excluding hydrogens is 436 g/mol. The number of rotatable bonds is 7. The van der Waals surface area contributed by atoms with E-state index < -0.39 is 11.6 Å². The van der Waals surface area contributed by atoms with Gasteiger partial charge in [-0.2, -0.15) is 0 Å². The average molecular weight is 469 g/mol. The molecule has 1 aromatic carbocycles. The van der Waals surface area contributed by atoms with Gasteiger partial charge in [-0.25, -0.2) is 9.78 Å². The summed E-state index contributed by atoms with van der Waals surface area (Å²) in [5.74, 6) is 0.351. The molecule has 2 fully saturated rings. The number of hydrogen-bond acceptors (Lipinski definition) is 5. The minimum atomic E-state index is -0.739. The fourth-order valence-electron chi connectivity index (χ4n) is 4.70. The molecule has 4 amide bonds. The Hall–Kier alpha value is -2.74. The number of amides is 4. The van der Waals surface area contributed by atoms with Crippen molar-refractivity contribution in [2.24, 2.45) is 0 Å². The van der Waals surface area contributed by atoms with Gasteiger partial charge in [-0.05, 0) is 35.8 Å². The van der Waals surface area contributed by atoms with Gasteiger partial charge in [-0.1, -0.05) is 58.7 Å². The van der Waals surface area contributed by atoms with E-state index in [2.05, 4.69) is 61.5 Å². The summed E-state index contributed by atoms with van der Waals surface area (Å²) in [6.45, 7) is 8.78. The molecule has 0 bridgehead atoms. The second-order valence-electron chi connectivity index (χ2n) is 9.67. The van der Waals surface area contributed by atoms with E-state index in [1.807, 2.05) is 5.38 Å². The summed E-state index contributed by atoms with van der Waals surface area (Å²) < 4.78 is 0. The normalized spacial score (nSPS) is 17.5. The van der Waals surface area contributed by atoms with E-state index in [1.165, 1.54) is 27.4 Å². The molecule has 2 N–H and O–H groups in total. The zero-order valence-electron chi connectivity index (χ0n) is 19.7. The maximum atomic E-state index is 12.7. The molecule has 176 valence electrons. The molecule has 0 unspecified atom stereocenters. The molecule has 2 heterocycles. The molecule has 1 aliphatic carbocycles. The fraction of sp³-hybridized carbons (Fsp3) is 0.520. The van der Waals surface area contributed by atoms with Gasteiger partial charge in [0, 0.05) is 23.9 Å². The molecule has 1 aromatic heterocycles. The number of benzene rings is 1. The van der Waals surface area contributed by atoms with E-state index in [9.17, 15) is 14.4 Å². The van der Waals surface area contributed by atoms with Crippen LogP contribution in [0.5, 0.6) is 0 Å². The van der Waals surface area contributed by atoms with Crippen LogP contribution in [0.25, 0.3) is 11.3 Å². The molecular formula is C25H32N4O3S. The third-order valence-electron chi connectivity index (χ3n) is 6.66. The largest absolute Gasteiger partial charge is 0.325 e. The van der Waals surface area contributed by atoms with Crippen molar-refractivity contribution in [2.45, 2.75) is 77.2 Å². The van der Waals surface area contributed by atoms with Gasteiger partial charge < -0.3 is 10.6 Å². The van der Waals surface area contributed by atoms with Gasteiger partial charge in [0.15, 0.2) is 5.13 Å². The first-order valence-electron chi connectivity index (χ1n) is 11.7. The Kier molecular flexibility index (Phi) is 6.56. The third kappa shape index (κ3) is 4.67. The van der Waals surface area contributed by atoms with E-state index in [4.69, 9.17) is 0 Å². The number of nitrogens with one attached hydrogen (secondary N) is 2. The summed E-state index contributed by atoms with van der Waals surface area (Å²) in [7, 11) is 0. The second-order valence-corrected chi connectivity index (χ2v) is 10.5. The SMILES string of the molecule is CC(C)c1ccc(-c2csc(NC(=O)CCN3C(=O)NC4(CCCC4)C3=O)n2)c(C(C)C)c1. The molecule has 1 aliphatic heterocycles. The van der Waals surface area contributed by atoms with Crippen molar-refractivity contribution in [3.8, 4) is 11.3 Å². The smallest absolute Gasteiger partial charge is 0.323 e. The van der Waals surface area contributed by atoms with Crippen molar-refractivity contribution in [2.75, 3.05) is 11.9 Å². The van der Waals surface area contributed by atoms with Gasteiger partial charge in [-0.3, -0.25) is 14.5 Å². The van der Waals surface area contributed by atoms with E-state index in [0.29, 0.717) is 29.8 Å². The first kappa shape index (κ1) is 23.4. The van der Waals surface area contributed by atoms with E-state index in [0.717, 1.165) is 24.1 Å². The molecule has 8 heteroatoms. The van der Waals surface area contributed by atoms with Gasteiger partial charge >= 0.3 is 6.03 Å². The van der Waals surface area contributed by atoms with Crippen molar-refractivity contribution >= 4 is 34.3 Å². The summed E-state index contributed by atoms with van der Waals surface area (Å²) in [6.07, 6.45) is 3.28. The highest BCUT2D eigenvalue weighted by Gasteiger charge is 2.52. The quantitative estimate of drug-likeness (QED) is 0.543. The van der Waals surface area contributed by atoms with Crippen molar-refractivity contribution in [3.05, 3.63) is 34.7 Å². The van der Waals surface area contributed by atoms with Crippen LogP contribution in [0, 0.1) is 0 Å². The first-order chi connectivity index (χ1) is 15.7. The van der Waals surface area contributed by atoms with Crippen molar-refractivity contribution in [3.63, 3.8) is 0 Å². The number of thiazole rings is 1. The van der Waals surface area contributed by atoms with Crippen LogP contribution >= 0.6 is 11.3 Å². The summed E-state index contributed by atoms with van der Waals surface area (Å²) in [4.78, 5) is 43.3. The lowest BCUT2D eigenvalue weighted by Gasteiger charge is -2.19. The Morgan fingerprint density at radius 2 is 1.91 bits per heavy atom. The predicted octanol–water partition coefficient (Wildman–Crippen LogP) is 5.25. The van der Waals surface area contributed by atoms with Crippen LogP contribution in [-0.4, -0.2) is 39.8 Å². The monoisotopic (exact) mass is 468 g/mol. The summed E-state index contributed by atoms with van der Waals surface area (Å²) in [6, 6.07) is 6.11. The fourth-order valence-corrected chi connectivity index (χ4v) is 5.42. The minimum absolute atomic E-state index is 0.0461. The average Bonchev–Trinajstić information content (AvgIpc) is 3.48. The Morgan fingerprint density at radius 1 is 1.18 bits per heavy atom. The maximum absolute atomic E-state index is 12.7. The summed E-state index contributed by atoms with van der Waals surface area (Å²) in [5.41, 5.74) is 3.71. The predicted molar refractivity (Wildman–Crippen MR) is 130 cm³/mol. The van der Waals surface area contributed by atoms with Crippen LogP contribution in [0.2, 0.25) is 0 Å². The molecule has 0 atom stereocenters. The van der Waals surface area contributed by atoms with Crippen LogP contribution in [0.3, 0.4) is 0 Å². The number of carbonyl (C=O) groups excluding carboxylic acids is 3. The molecule has 0 radical (unpaired) electrons. The molecule has 2 aliphatic rings. The van der Waals surface area contributed by atoms with Gasteiger partial charge in [0.2, 0.25) is 5.91 Å². The number of hydrogen-bond donors (Lipinski definition) is 2. The minimum Gasteiger partial charge on any atom is -0.323 e. The first-order valence-corrected chi connectivity index (χ1v) is 12.6. The third-order valence-corrected chi connectivity index (χ3v) is 7.41. The van der Waals surface area contributed by atoms with E-state index >= 15 is 0 Å². The number of imide groups is 1. The summed E-state index contributed by atoms with van der Waals surface area (Å²) in [5, 5.41) is 8.14. The molecule has 1 saturated heterocycles. The van der Waals surface area contributed by atoms with Crippen LogP contribution in [0.15, 0.2) is 23.6 Å². The highest BCUT2D eigenvalue weighted by molar-refractivity contribution is 7.14. The van der Waals surface area contributed by atoms with Gasteiger partial charge in [-0.15, -0.1) is 11.3 Å². The van der Waals surface area contributed by atoms with Crippen molar-refractivity contribution < 1.29 is 14.4 Å². The molecule has 2 aromatic rings. The lowest BCUT2D eigenvalue weighted by molar-refractivity contribution is -0.131. The molecule has 4 rings (SSSR count). The zero-order chi connectivity index (χ0) is 23.8. The number of nitrogens with zero attached hydrogens (tertiary/aromatic N) is 2. The molecule has 1 spiro atoms. The van der Waals surface area contributed by atoms with Gasteiger partial charge in [0.1, 0.15) is 5.54 Å². The van der Waals surface area contributed by atoms with E-state index in [-0.39, 0.29) is 24.8 Å². The van der Waals surface area contributed by atoms with Crippen molar-refractivity contribution in [1.82, 2.24) is 15.2 Å². The Bertz CT molecular complexity index is 1070. The van der Waals surface area contributed by atoms with E-state index in [1.54, 1.807) is 0 Å². The standard InChI is InChI=1S/C25H32N4O3S/c1-15(2)17-7-8-18(19(13-17)16(3)4)20-14-33-23(26-20)27-21(30)9-12-29-22(31)25(28-24(29)32)10-5-6-11-25/h7-8,13-16H,5-6,9-12H2,1-4H3,(H,28,32)(H,26,27,30). The van der Waals surface area contributed by atoms with Crippen molar-refractivity contribution in [1.29, 1.82) is 0 Å². The molecule has 1 saturated carbocycles. The molecule has 33 heavy (non-hydrogen) atoms. The van der Waals surface area contributed by atoms with Crippen LogP contribution < -0.4 is 10.6 Å². The summed E-state index contributed by atoms with van der Waals surface area (Å²) >= 11 is 1.38. The van der Waals surface area contributed by atoms with Crippen LogP contribution in [0.1, 0.15) is 82.8 Å². The molecule has 7 nitrogen and oxygen atoms in total. The highest BCUT2D eigenvalue weighted by Crippen LogP contribution is 2.36. The Labute approximate surface area is 199 Å².